The van der Waals surface area contributed by atoms with Crippen LogP contribution in [-0.2, 0) is 4.79 Å². The monoisotopic (exact) mass is 613 g/mol. The first-order chi connectivity index (χ1) is 21.8. The Morgan fingerprint density at radius 2 is 1.91 bits per heavy atom. The zero-order valence-corrected chi connectivity index (χ0v) is 24.3. The summed E-state index contributed by atoms with van der Waals surface area (Å²) in [5.74, 6) is 0.414. The van der Waals surface area contributed by atoms with E-state index >= 15 is 0 Å². The van der Waals surface area contributed by atoms with E-state index < -0.39 is 12.6 Å². The zero-order chi connectivity index (χ0) is 31.1. The highest BCUT2D eigenvalue weighted by atomic mass is 19.3. The fraction of sp³-hybridized carbons (Fsp3) is 0.323. The fourth-order valence-electron chi connectivity index (χ4n) is 6.34. The van der Waals surface area contributed by atoms with Crippen LogP contribution in [0, 0.1) is 5.92 Å². The van der Waals surface area contributed by atoms with Gasteiger partial charge in [-0.3, -0.25) is 19.5 Å². The Hall–Kier alpha value is -5.11. The molecule has 2 aliphatic heterocycles. The Balaban J connectivity index is 1.14. The molecule has 2 bridgehead atoms. The van der Waals surface area contributed by atoms with Gasteiger partial charge in [-0.15, -0.1) is 10.2 Å². The number of nitrogens with one attached hydrogen (secondary N) is 1. The highest BCUT2D eigenvalue weighted by Crippen LogP contribution is 2.36. The average Bonchev–Trinajstić information content (AvgIpc) is 3.75. The Morgan fingerprint density at radius 3 is 2.69 bits per heavy atom. The van der Waals surface area contributed by atoms with E-state index in [2.05, 4.69) is 35.6 Å². The van der Waals surface area contributed by atoms with E-state index in [1.54, 1.807) is 36.5 Å². The van der Waals surface area contributed by atoms with Gasteiger partial charge in [-0.2, -0.15) is 8.78 Å². The summed E-state index contributed by atoms with van der Waals surface area (Å²) in [7, 11) is 0. The minimum atomic E-state index is -2.89. The van der Waals surface area contributed by atoms with E-state index in [0.717, 1.165) is 18.4 Å². The number of benzene rings is 2. The molecule has 230 valence electrons. The number of hydrogen-bond acceptors (Lipinski definition) is 9. The number of pyridine rings is 1. The first-order valence-electron chi connectivity index (χ1n) is 14.6. The third-order valence-corrected chi connectivity index (χ3v) is 8.31. The zero-order valence-electron chi connectivity index (χ0n) is 24.3. The number of nitrogens with zero attached hydrogens (tertiary/aromatic N) is 8. The second-order valence-corrected chi connectivity index (χ2v) is 11.4. The predicted molar refractivity (Wildman–Crippen MR) is 158 cm³/mol. The topological polar surface area (TPSA) is 135 Å². The van der Waals surface area contributed by atoms with E-state index in [1.807, 2.05) is 35.2 Å². The van der Waals surface area contributed by atoms with Gasteiger partial charge in [0.15, 0.2) is 11.4 Å². The summed E-state index contributed by atoms with van der Waals surface area (Å²) in [6.45, 7) is 0.347. The molecule has 2 fully saturated rings. The molecule has 2 aromatic carbocycles. The predicted octanol–water partition coefficient (Wildman–Crippen LogP) is 4.56. The molecule has 45 heavy (non-hydrogen) atoms. The molecule has 3 atom stereocenters. The maximum Gasteiger partial charge on any atom is 0.350 e. The number of fused-ring (bicyclic) bond motifs is 3. The maximum atomic E-state index is 13.9. The minimum Gasteiger partial charge on any atom is -0.436 e. The van der Waals surface area contributed by atoms with E-state index in [9.17, 15) is 18.4 Å². The molecule has 1 N–H and O–H groups in total. The van der Waals surface area contributed by atoms with Crippen molar-refractivity contribution >= 4 is 28.6 Å². The lowest BCUT2D eigenvalue weighted by molar-refractivity contribution is -0.114. The van der Waals surface area contributed by atoms with Gasteiger partial charge in [0.2, 0.25) is 11.8 Å². The van der Waals surface area contributed by atoms with Gasteiger partial charge in [0.1, 0.15) is 11.2 Å². The Kier molecular flexibility index (Phi) is 7.49. The number of hydrogen-bond donors (Lipinski definition) is 1. The average molecular weight is 614 g/mol. The maximum absolute atomic E-state index is 13.9. The van der Waals surface area contributed by atoms with E-state index in [-0.39, 0.29) is 35.3 Å². The van der Waals surface area contributed by atoms with Crippen molar-refractivity contribution in [3.63, 3.8) is 0 Å². The SMILES string of the molecule is CC(=O)Nc1ccc2oc(-c3ccnc(C(=O)N4CC5CCN([C@H](c6ccccc6)c6nnn(C(F)F)n6)CC4C5)c3)nc2c1. The van der Waals surface area contributed by atoms with Crippen LogP contribution >= 0.6 is 0 Å². The van der Waals surface area contributed by atoms with Crippen LogP contribution in [0.5, 0.6) is 0 Å². The summed E-state index contributed by atoms with van der Waals surface area (Å²) in [4.78, 5) is 38.7. The third kappa shape index (κ3) is 5.76. The van der Waals surface area contributed by atoms with Crippen molar-refractivity contribution in [1.29, 1.82) is 0 Å². The van der Waals surface area contributed by atoms with Gasteiger partial charge in [-0.25, -0.2) is 4.98 Å². The number of anilines is 1. The molecule has 2 aliphatic rings. The number of carbonyl (C=O) groups excluding carboxylic acids is 2. The molecule has 0 radical (unpaired) electrons. The van der Waals surface area contributed by atoms with Crippen LogP contribution in [-0.4, -0.2) is 77.5 Å². The molecule has 14 heteroatoms. The first kappa shape index (κ1) is 28.6. The van der Waals surface area contributed by atoms with Gasteiger partial charge >= 0.3 is 6.55 Å². The van der Waals surface area contributed by atoms with Crippen molar-refractivity contribution in [2.75, 3.05) is 25.0 Å². The highest BCUT2D eigenvalue weighted by Gasteiger charge is 2.42. The molecule has 0 aliphatic carbocycles. The number of alkyl halides is 2. The number of amides is 2. The van der Waals surface area contributed by atoms with Crippen molar-refractivity contribution in [2.24, 2.45) is 5.92 Å². The molecule has 5 aromatic rings. The van der Waals surface area contributed by atoms with Crippen LogP contribution in [0.2, 0.25) is 0 Å². The van der Waals surface area contributed by atoms with Gasteiger partial charge < -0.3 is 14.6 Å². The largest absolute Gasteiger partial charge is 0.436 e. The Bertz CT molecular complexity index is 1860. The standard InChI is InChI=1S/C31H29F2N9O3/c1-18(43)35-22-7-8-26-24(15-22)36-29(45-26)21-9-11-34-25(14-21)30(44)41-16-19-10-12-40(17-23(41)13-19)27(20-5-3-2-4-6-20)28-37-39-42(38-28)31(32)33/h2-9,11,14-15,19,23,27,31H,10,12-13,16-17H2,1H3,(H,35,43)/t19?,23?,27-/m1/s1. The second-order valence-electron chi connectivity index (χ2n) is 11.4. The quantitative estimate of drug-likeness (QED) is 0.280. The fourth-order valence-corrected chi connectivity index (χ4v) is 6.34. The molecule has 0 spiro atoms. The van der Waals surface area contributed by atoms with Crippen LogP contribution in [0.4, 0.5) is 14.5 Å². The van der Waals surface area contributed by atoms with Crippen LogP contribution in [0.25, 0.3) is 22.6 Å². The number of tetrazole rings is 1. The number of carbonyl (C=O) groups is 2. The Morgan fingerprint density at radius 1 is 1.07 bits per heavy atom. The minimum absolute atomic E-state index is 0.122. The Labute approximate surface area is 256 Å². The molecule has 5 heterocycles. The van der Waals surface area contributed by atoms with Gasteiger partial charge in [0, 0.05) is 43.5 Å². The second kappa shape index (κ2) is 11.8. The third-order valence-electron chi connectivity index (χ3n) is 8.31. The van der Waals surface area contributed by atoms with Crippen molar-refractivity contribution in [3.05, 3.63) is 83.9 Å². The number of halogens is 2. The molecule has 0 saturated carbocycles. The number of likely N-dealkylation sites (tertiary alicyclic amines) is 2. The van der Waals surface area contributed by atoms with Gasteiger partial charge in [-0.05, 0) is 66.4 Å². The summed E-state index contributed by atoms with van der Waals surface area (Å²) in [6, 6.07) is 17.5. The summed E-state index contributed by atoms with van der Waals surface area (Å²) >= 11 is 0. The number of aromatic nitrogens is 6. The van der Waals surface area contributed by atoms with Crippen LogP contribution in [0.3, 0.4) is 0 Å². The highest BCUT2D eigenvalue weighted by molar-refractivity contribution is 5.94. The molecular weight excluding hydrogens is 584 g/mol. The van der Waals surface area contributed by atoms with Crippen molar-refractivity contribution in [1.82, 2.24) is 40.0 Å². The van der Waals surface area contributed by atoms with Crippen molar-refractivity contribution < 1.29 is 22.8 Å². The molecule has 2 unspecified atom stereocenters. The first-order valence-corrected chi connectivity index (χ1v) is 14.6. The van der Waals surface area contributed by atoms with E-state index in [0.29, 0.717) is 52.7 Å². The van der Waals surface area contributed by atoms with Crippen molar-refractivity contribution in [3.8, 4) is 11.5 Å². The van der Waals surface area contributed by atoms with Crippen molar-refractivity contribution in [2.45, 2.75) is 38.4 Å². The number of rotatable bonds is 7. The molecule has 7 rings (SSSR count). The summed E-state index contributed by atoms with van der Waals surface area (Å²) in [5.41, 5.74) is 3.45. The summed E-state index contributed by atoms with van der Waals surface area (Å²) in [6.07, 6.45) is 3.20. The lowest BCUT2D eigenvalue weighted by atomic mass is 10.0. The lowest BCUT2D eigenvalue weighted by Crippen LogP contribution is -2.46. The smallest absolute Gasteiger partial charge is 0.350 e. The van der Waals surface area contributed by atoms with Crippen LogP contribution in [0.15, 0.2) is 71.3 Å². The normalized spacial score (nSPS) is 19.2. The van der Waals surface area contributed by atoms with Gasteiger partial charge in [0.05, 0.1) is 6.04 Å². The summed E-state index contributed by atoms with van der Waals surface area (Å²) < 4.78 is 32.6. The van der Waals surface area contributed by atoms with E-state index in [1.165, 1.54) is 6.92 Å². The molecule has 3 aromatic heterocycles. The molecular formula is C31H29F2N9O3. The van der Waals surface area contributed by atoms with Gasteiger partial charge in [-0.1, -0.05) is 35.1 Å². The molecule has 2 amide bonds. The van der Waals surface area contributed by atoms with Gasteiger partial charge in [0.25, 0.3) is 5.91 Å². The number of oxazole rings is 1. The van der Waals surface area contributed by atoms with E-state index in [4.69, 9.17) is 4.42 Å². The molecule has 2 saturated heterocycles. The molecule has 12 nitrogen and oxygen atoms in total. The van der Waals surface area contributed by atoms with Crippen LogP contribution in [0.1, 0.15) is 54.2 Å². The lowest BCUT2D eigenvalue weighted by Gasteiger charge is -2.35. The van der Waals surface area contributed by atoms with Crippen LogP contribution < -0.4 is 5.32 Å². The summed E-state index contributed by atoms with van der Waals surface area (Å²) in [5, 5.41) is 14.3.